The fourth-order valence-corrected chi connectivity index (χ4v) is 2.83. The van der Waals surface area contributed by atoms with E-state index in [1.165, 1.54) is 0 Å². The van der Waals surface area contributed by atoms with Crippen LogP contribution in [0.15, 0.2) is 29.3 Å². The van der Waals surface area contributed by atoms with Gasteiger partial charge in [-0.05, 0) is 25.3 Å². The lowest BCUT2D eigenvalue weighted by atomic mass is 10.0. The van der Waals surface area contributed by atoms with E-state index in [9.17, 15) is 4.79 Å². The third-order valence-corrected chi connectivity index (χ3v) is 4.31. The molecule has 0 saturated heterocycles. The fraction of sp³-hybridized carbons (Fsp3) is 0.556. The SMILES string of the molecule is CN=C(NCCCC(=O)NC1CC1)NC1CCOc2ccccc21. The van der Waals surface area contributed by atoms with E-state index in [-0.39, 0.29) is 11.9 Å². The van der Waals surface area contributed by atoms with Gasteiger partial charge in [0.05, 0.1) is 12.6 Å². The Balaban J connectivity index is 1.43. The molecule has 1 fully saturated rings. The first-order chi connectivity index (χ1) is 11.8. The average molecular weight is 330 g/mol. The van der Waals surface area contributed by atoms with Gasteiger partial charge >= 0.3 is 0 Å². The minimum Gasteiger partial charge on any atom is -0.493 e. The second kappa shape index (κ2) is 8.04. The summed E-state index contributed by atoms with van der Waals surface area (Å²) in [4.78, 5) is 15.9. The van der Waals surface area contributed by atoms with Crippen LogP contribution in [0.3, 0.4) is 0 Å². The number of ether oxygens (including phenoxy) is 1. The van der Waals surface area contributed by atoms with Crippen molar-refractivity contribution in [1.82, 2.24) is 16.0 Å². The number of guanidine groups is 1. The molecule has 1 aromatic rings. The number of rotatable bonds is 6. The summed E-state index contributed by atoms with van der Waals surface area (Å²) >= 11 is 0. The Kier molecular flexibility index (Phi) is 5.56. The molecule has 3 N–H and O–H groups in total. The van der Waals surface area contributed by atoms with Gasteiger partial charge in [-0.25, -0.2) is 0 Å². The molecule has 0 aromatic heterocycles. The smallest absolute Gasteiger partial charge is 0.220 e. The van der Waals surface area contributed by atoms with Crippen LogP contribution in [-0.4, -0.2) is 38.1 Å². The first-order valence-corrected chi connectivity index (χ1v) is 8.74. The van der Waals surface area contributed by atoms with Gasteiger partial charge in [0.25, 0.3) is 0 Å². The Labute approximate surface area is 143 Å². The molecule has 6 nitrogen and oxygen atoms in total. The van der Waals surface area contributed by atoms with E-state index >= 15 is 0 Å². The Morgan fingerprint density at radius 3 is 2.88 bits per heavy atom. The Hall–Kier alpha value is -2.24. The van der Waals surface area contributed by atoms with Crippen LogP contribution in [-0.2, 0) is 4.79 Å². The van der Waals surface area contributed by atoms with Gasteiger partial charge in [0.1, 0.15) is 5.75 Å². The van der Waals surface area contributed by atoms with Gasteiger partial charge in [0, 0.05) is 38.0 Å². The molecule has 1 heterocycles. The molecule has 6 heteroatoms. The molecule has 0 spiro atoms. The summed E-state index contributed by atoms with van der Waals surface area (Å²) in [6.45, 7) is 1.43. The maximum Gasteiger partial charge on any atom is 0.220 e. The highest BCUT2D eigenvalue weighted by Crippen LogP contribution is 2.31. The van der Waals surface area contributed by atoms with Crippen LogP contribution in [0.5, 0.6) is 5.75 Å². The summed E-state index contributed by atoms with van der Waals surface area (Å²) in [5.74, 6) is 1.85. The van der Waals surface area contributed by atoms with E-state index in [1.54, 1.807) is 7.05 Å². The van der Waals surface area contributed by atoms with Crippen molar-refractivity contribution < 1.29 is 9.53 Å². The first-order valence-electron chi connectivity index (χ1n) is 8.74. The number of fused-ring (bicyclic) bond motifs is 1. The predicted octanol–water partition coefficient (Wildman–Crippen LogP) is 1.73. The van der Waals surface area contributed by atoms with Crippen LogP contribution < -0.4 is 20.7 Å². The second-order valence-corrected chi connectivity index (χ2v) is 6.32. The highest BCUT2D eigenvalue weighted by molar-refractivity contribution is 5.80. The van der Waals surface area contributed by atoms with Crippen molar-refractivity contribution in [3.63, 3.8) is 0 Å². The topological polar surface area (TPSA) is 74.8 Å². The number of nitrogens with one attached hydrogen (secondary N) is 3. The molecule has 1 saturated carbocycles. The van der Waals surface area contributed by atoms with Crippen molar-refractivity contribution in [2.75, 3.05) is 20.2 Å². The standard InChI is InChI=1S/C18H26N4O2/c1-19-18(20-11-4-7-17(23)21-13-8-9-13)22-15-10-12-24-16-6-3-2-5-14(15)16/h2-3,5-6,13,15H,4,7-12H2,1H3,(H,21,23)(H2,19,20,22). The van der Waals surface area contributed by atoms with Crippen LogP contribution in [0.25, 0.3) is 0 Å². The lowest BCUT2D eigenvalue weighted by molar-refractivity contribution is -0.121. The zero-order chi connectivity index (χ0) is 16.8. The van der Waals surface area contributed by atoms with E-state index in [1.807, 2.05) is 18.2 Å². The van der Waals surface area contributed by atoms with Crippen molar-refractivity contribution in [2.24, 2.45) is 4.99 Å². The molecule has 2 aliphatic rings. The molecule has 0 radical (unpaired) electrons. The number of benzene rings is 1. The molecule has 1 amide bonds. The number of carbonyl (C=O) groups excluding carboxylic acids is 1. The Morgan fingerprint density at radius 2 is 2.08 bits per heavy atom. The van der Waals surface area contributed by atoms with Crippen LogP contribution in [0.1, 0.15) is 43.7 Å². The van der Waals surface area contributed by atoms with Crippen LogP contribution >= 0.6 is 0 Å². The van der Waals surface area contributed by atoms with Crippen molar-refractivity contribution in [1.29, 1.82) is 0 Å². The van der Waals surface area contributed by atoms with Crippen molar-refractivity contribution in [3.05, 3.63) is 29.8 Å². The summed E-state index contributed by atoms with van der Waals surface area (Å²) in [6.07, 6.45) is 4.52. The lowest BCUT2D eigenvalue weighted by Gasteiger charge is -2.28. The fourth-order valence-electron chi connectivity index (χ4n) is 2.83. The Morgan fingerprint density at radius 1 is 1.25 bits per heavy atom. The molecule has 1 unspecified atom stereocenters. The van der Waals surface area contributed by atoms with Crippen LogP contribution in [0.4, 0.5) is 0 Å². The quantitative estimate of drug-likeness (QED) is 0.422. The van der Waals surface area contributed by atoms with Crippen molar-refractivity contribution in [3.8, 4) is 5.75 Å². The number of para-hydroxylation sites is 1. The third-order valence-electron chi connectivity index (χ3n) is 4.31. The van der Waals surface area contributed by atoms with E-state index in [2.05, 4.69) is 27.0 Å². The lowest BCUT2D eigenvalue weighted by Crippen LogP contribution is -2.41. The number of carbonyl (C=O) groups is 1. The molecule has 0 bridgehead atoms. The van der Waals surface area contributed by atoms with Gasteiger partial charge < -0.3 is 20.7 Å². The molecule has 3 rings (SSSR count). The van der Waals surface area contributed by atoms with Gasteiger partial charge in [0.15, 0.2) is 5.96 Å². The zero-order valence-corrected chi connectivity index (χ0v) is 14.2. The summed E-state index contributed by atoms with van der Waals surface area (Å²) in [5, 5.41) is 9.75. The Bertz CT molecular complexity index is 598. The van der Waals surface area contributed by atoms with Crippen molar-refractivity contribution >= 4 is 11.9 Å². The van der Waals surface area contributed by atoms with Crippen LogP contribution in [0, 0.1) is 0 Å². The maximum absolute atomic E-state index is 11.7. The predicted molar refractivity (Wildman–Crippen MR) is 94.2 cm³/mol. The summed E-state index contributed by atoms with van der Waals surface area (Å²) in [5.41, 5.74) is 1.16. The summed E-state index contributed by atoms with van der Waals surface area (Å²) in [7, 11) is 1.76. The summed E-state index contributed by atoms with van der Waals surface area (Å²) < 4.78 is 5.69. The molecular formula is C18H26N4O2. The zero-order valence-electron chi connectivity index (χ0n) is 14.2. The van der Waals surface area contributed by atoms with Gasteiger partial charge in [-0.15, -0.1) is 0 Å². The van der Waals surface area contributed by atoms with Gasteiger partial charge in [0.2, 0.25) is 5.91 Å². The second-order valence-electron chi connectivity index (χ2n) is 6.32. The number of aliphatic imine (C=N–C) groups is 1. The molecule has 1 aromatic carbocycles. The van der Waals surface area contributed by atoms with Gasteiger partial charge in [-0.2, -0.15) is 0 Å². The van der Waals surface area contributed by atoms with Crippen LogP contribution in [0.2, 0.25) is 0 Å². The molecule has 1 aliphatic heterocycles. The highest BCUT2D eigenvalue weighted by Gasteiger charge is 2.23. The van der Waals surface area contributed by atoms with E-state index in [0.29, 0.717) is 19.1 Å². The number of nitrogens with zero attached hydrogens (tertiary/aromatic N) is 1. The van der Waals surface area contributed by atoms with Crippen molar-refractivity contribution in [2.45, 2.75) is 44.2 Å². The maximum atomic E-state index is 11.7. The van der Waals surface area contributed by atoms with Gasteiger partial charge in [-0.1, -0.05) is 18.2 Å². The number of hydrogen-bond acceptors (Lipinski definition) is 3. The molecule has 1 atom stereocenters. The molecule has 24 heavy (non-hydrogen) atoms. The van der Waals surface area contributed by atoms with E-state index in [4.69, 9.17) is 4.74 Å². The highest BCUT2D eigenvalue weighted by atomic mass is 16.5. The van der Waals surface area contributed by atoms with E-state index < -0.39 is 0 Å². The van der Waals surface area contributed by atoms with E-state index in [0.717, 1.165) is 49.5 Å². The monoisotopic (exact) mass is 330 g/mol. The first kappa shape index (κ1) is 16.6. The molecule has 130 valence electrons. The normalized spacial score (nSPS) is 19.9. The molecule has 1 aliphatic carbocycles. The minimum absolute atomic E-state index is 0.153. The number of amides is 1. The third kappa shape index (κ3) is 4.63. The summed E-state index contributed by atoms with van der Waals surface area (Å²) in [6, 6.07) is 8.73. The molecular weight excluding hydrogens is 304 g/mol. The van der Waals surface area contributed by atoms with Gasteiger partial charge in [-0.3, -0.25) is 9.79 Å². The number of hydrogen-bond donors (Lipinski definition) is 3. The minimum atomic E-state index is 0.153. The largest absolute Gasteiger partial charge is 0.493 e. The average Bonchev–Trinajstić information content (AvgIpc) is 3.41.